The largest absolute Gasteiger partial charge is 0.371 e. The molecule has 0 atom stereocenters. The quantitative estimate of drug-likeness (QED) is 0.526. The van der Waals surface area contributed by atoms with E-state index in [4.69, 9.17) is 16.9 Å². The third kappa shape index (κ3) is 5.81. The van der Waals surface area contributed by atoms with Crippen molar-refractivity contribution in [2.45, 2.75) is 45.4 Å². The van der Waals surface area contributed by atoms with E-state index in [0.717, 1.165) is 30.9 Å². The van der Waals surface area contributed by atoms with Crippen molar-refractivity contribution in [1.29, 1.82) is 5.26 Å². The van der Waals surface area contributed by atoms with Gasteiger partial charge >= 0.3 is 0 Å². The number of anilines is 1. The maximum absolute atomic E-state index is 9.04. The molecule has 2 aromatic rings. The third-order valence-corrected chi connectivity index (χ3v) is 4.94. The Morgan fingerprint density at radius 3 is 2.75 bits per heavy atom. The van der Waals surface area contributed by atoms with Gasteiger partial charge in [-0.25, -0.2) is 4.98 Å². The van der Waals surface area contributed by atoms with Gasteiger partial charge in [0.1, 0.15) is 6.07 Å². The molecular formula is C19H23ClN3S. The first-order chi connectivity index (χ1) is 11.7. The maximum Gasteiger partial charge on any atom is 0.152 e. The van der Waals surface area contributed by atoms with E-state index in [1.54, 1.807) is 6.07 Å². The topological polar surface area (TPSA) is 39.9 Å². The van der Waals surface area contributed by atoms with E-state index in [0.29, 0.717) is 10.6 Å². The SMILES string of the molecule is CCCCCCCN(CCc1cs[c]n1)c1ccc(C#N)c(Cl)c1. The van der Waals surface area contributed by atoms with Crippen molar-refractivity contribution >= 4 is 28.6 Å². The average molecular weight is 361 g/mol. The number of halogens is 1. The molecule has 0 aliphatic heterocycles. The lowest BCUT2D eigenvalue weighted by molar-refractivity contribution is 0.616. The Bertz CT molecular complexity index is 649. The summed E-state index contributed by atoms with van der Waals surface area (Å²) in [7, 11) is 0. The maximum atomic E-state index is 9.04. The number of rotatable bonds is 10. The molecule has 24 heavy (non-hydrogen) atoms. The van der Waals surface area contributed by atoms with Gasteiger partial charge in [-0.05, 0) is 24.6 Å². The highest BCUT2D eigenvalue weighted by Gasteiger charge is 2.10. The minimum absolute atomic E-state index is 0.521. The molecule has 1 radical (unpaired) electrons. The summed E-state index contributed by atoms with van der Waals surface area (Å²) in [4.78, 5) is 6.59. The fourth-order valence-electron chi connectivity index (χ4n) is 2.64. The molecule has 0 saturated heterocycles. The number of thiazole rings is 1. The van der Waals surface area contributed by atoms with Crippen LogP contribution in [0.15, 0.2) is 23.6 Å². The molecule has 1 aromatic heterocycles. The van der Waals surface area contributed by atoms with Crippen molar-refractivity contribution in [3.63, 3.8) is 0 Å². The summed E-state index contributed by atoms with van der Waals surface area (Å²) < 4.78 is 0. The highest BCUT2D eigenvalue weighted by molar-refractivity contribution is 7.07. The number of unbranched alkanes of at least 4 members (excludes halogenated alkanes) is 4. The van der Waals surface area contributed by atoms with E-state index in [1.165, 1.54) is 43.4 Å². The van der Waals surface area contributed by atoms with Crippen molar-refractivity contribution in [3.05, 3.63) is 45.4 Å². The van der Waals surface area contributed by atoms with E-state index in [-0.39, 0.29) is 0 Å². The second-order valence-corrected chi connectivity index (χ2v) is 6.92. The van der Waals surface area contributed by atoms with E-state index in [2.05, 4.69) is 28.4 Å². The van der Waals surface area contributed by atoms with Crippen LogP contribution in [-0.4, -0.2) is 18.1 Å². The first-order valence-corrected chi connectivity index (χ1v) is 9.75. The molecule has 127 valence electrons. The van der Waals surface area contributed by atoms with E-state index in [1.807, 2.05) is 17.5 Å². The van der Waals surface area contributed by atoms with Gasteiger partial charge in [0.2, 0.25) is 0 Å². The molecule has 0 unspecified atom stereocenters. The van der Waals surface area contributed by atoms with Crippen LogP contribution < -0.4 is 4.90 Å². The van der Waals surface area contributed by atoms with Gasteiger partial charge in [-0.15, -0.1) is 11.3 Å². The van der Waals surface area contributed by atoms with Gasteiger partial charge in [-0.1, -0.05) is 44.2 Å². The Hall–Kier alpha value is -1.57. The zero-order chi connectivity index (χ0) is 17.2. The van der Waals surface area contributed by atoms with Crippen LogP contribution in [0.25, 0.3) is 0 Å². The first-order valence-electron chi connectivity index (χ1n) is 8.49. The van der Waals surface area contributed by atoms with Gasteiger partial charge in [0.25, 0.3) is 0 Å². The zero-order valence-electron chi connectivity index (χ0n) is 14.1. The molecule has 0 bridgehead atoms. The van der Waals surface area contributed by atoms with Crippen LogP contribution >= 0.6 is 22.9 Å². The summed E-state index contributed by atoms with van der Waals surface area (Å²) in [5.41, 5.74) is 5.58. The second-order valence-electron chi connectivity index (χ2n) is 5.86. The molecule has 0 aliphatic carbocycles. The number of benzene rings is 1. The molecule has 0 spiro atoms. The normalized spacial score (nSPS) is 10.5. The summed E-state index contributed by atoms with van der Waals surface area (Å²) in [5, 5.41) is 11.6. The molecule has 5 heteroatoms. The fourth-order valence-corrected chi connectivity index (χ4v) is 3.38. The van der Waals surface area contributed by atoms with Crippen LogP contribution in [-0.2, 0) is 6.42 Å². The van der Waals surface area contributed by atoms with Crippen LogP contribution in [0, 0.1) is 16.8 Å². The molecule has 0 saturated carbocycles. The van der Waals surface area contributed by atoms with E-state index >= 15 is 0 Å². The van der Waals surface area contributed by atoms with Crippen LogP contribution in [0.2, 0.25) is 5.02 Å². The minimum Gasteiger partial charge on any atom is -0.371 e. The van der Waals surface area contributed by atoms with Crippen molar-refractivity contribution in [1.82, 2.24) is 4.98 Å². The fraction of sp³-hybridized carbons (Fsp3) is 0.474. The lowest BCUT2D eigenvalue weighted by Crippen LogP contribution is -2.27. The molecule has 3 nitrogen and oxygen atoms in total. The molecule has 0 amide bonds. The monoisotopic (exact) mass is 360 g/mol. The Labute approximate surface area is 153 Å². The molecule has 1 aromatic carbocycles. The van der Waals surface area contributed by atoms with Crippen LogP contribution in [0.3, 0.4) is 0 Å². The summed E-state index contributed by atoms with van der Waals surface area (Å²) in [6.45, 7) is 4.13. The van der Waals surface area contributed by atoms with Crippen molar-refractivity contribution in [2.24, 2.45) is 0 Å². The van der Waals surface area contributed by atoms with Gasteiger partial charge in [0.05, 0.1) is 16.3 Å². The van der Waals surface area contributed by atoms with Gasteiger partial charge in [0.15, 0.2) is 5.51 Å². The third-order valence-electron chi connectivity index (χ3n) is 4.04. The Kier molecular flexibility index (Phi) is 8.07. The van der Waals surface area contributed by atoms with Gasteiger partial charge in [0, 0.05) is 30.6 Å². The summed E-state index contributed by atoms with van der Waals surface area (Å²) >= 11 is 7.72. The van der Waals surface area contributed by atoms with Crippen molar-refractivity contribution in [3.8, 4) is 6.07 Å². The van der Waals surface area contributed by atoms with Crippen molar-refractivity contribution < 1.29 is 0 Å². The standard InChI is InChI=1S/C19H23ClN3S/c1-2-3-4-5-6-10-23(11-9-17-14-24-15-22-17)18-8-7-16(13-21)19(20)12-18/h7-8,12,14H,2-6,9-11H2,1H3. The molecule has 0 aliphatic rings. The number of nitrogens with zero attached hydrogens (tertiary/aromatic N) is 3. The highest BCUT2D eigenvalue weighted by Crippen LogP contribution is 2.24. The minimum atomic E-state index is 0.521. The number of hydrogen-bond donors (Lipinski definition) is 0. The summed E-state index contributed by atoms with van der Waals surface area (Å²) in [6.07, 6.45) is 7.17. The smallest absolute Gasteiger partial charge is 0.152 e. The number of aromatic nitrogens is 1. The molecule has 0 N–H and O–H groups in total. The number of hydrogen-bond acceptors (Lipinski definition) is 4. The van der Waals surface area contributed by atoms with E-state index < -0.39 is 0 Å². The lowest BCUT2D eigenvalue weighted by atomic mass is 10.1. The molecule has 0 fully saturated rings. The average Bonchev–Trinajstić information content (AvgIpc) is 3.11. The van der Waals surface area contributed by atoms with Crippen LogP contribution in [0.1, 0.15) is 50.3 Å². The lowest BCUT2D eigenvalue weighted by Gasteiger charge is -2.25. The first kappa shape index (κ1) is 18.8. The van der Waals surface area contributed by atoms with Crippen molar-refractivity contribution in [2.75, 3.05) is 18.0 Å². The van der Waals surface area contributed by atoms with Gasteiger partial charge < -0.3 is 4.90 Å². The van der Waals surface area contributed by atoms with Gasteiger partial charge in [-0.3, -0.25) is 0 Å². The molecule has 1 heterocycles. The van der Waals surface area contributed by atoms with E-state index in [9.17, 15) is 0 Å². The summed E-state index contributed by atoms with van der Waals surface area (Å²) in [5.74, 6) is 0. The summed E-state index contributed by atoms with van der Waals surface area (Å²) in [6, 6.07) is 7.81. The molecule has 2 rings (SSSR count). The Morgan fingerprint density at radius 2 is 2.08 bits per heavy atom. The highest BCUT2D eigenvalue weighted by atomic mass is 35.5. The number of nitriles is 1. The Balaban J connectivity index is 2.00. The van der Waals surface area contributed by atoms with Crippen LogP contribution in [0.5, 0.6) is 0 Å². The van der Waals surface area contributed by atoms with Gasteiger partial charge in [-0.2, -0.15) is 5.26 Å². The zero-order valence-corrected chi connectivity index (χ0v) is 15.7. The predicted octanol–water partition coefficient (Wildman–Crippen LogP) is 5.49. The second kappa shape index (κ2) is 10.3. The van der Waals surface area contributed by atoms with Crippen LogP contribution in [0.4, 0.5) is 5.69 Å². The Morgan fingerprint density at radius 1 is 1.25 bits per heavy atom. The molecular weight excluding hydrogens is 338 g/mol. The predicted molar refractivity (Wildman–Crippen MR) is 102 cm³/mol.